The number of benzene rings is 1. The third kappa shape index (κ3) is 5.51. The molecule has 0 saturated carbocycles. The van der Waals surface area contributed by atoms with Crippen LogP contribution in [-0.4, -0.2) is 48.7 Å². The summed E-state index contributed by atoms with van der Waals surface area (Å²) in [6.07, 6.45) is 6.67. The number of carbonyl (C=O) groups is 1. The van der Waals surface area contributed by atoms with Crippen molar-refractivity contribution in [2.24, 2.45) is 5.92 Å². The van der Waals surface area contributed by atoms with Crippen LogP contribution >= 0.6 is 0 Å². The van der Waals surface area contributed by atoms with Crippen LogP contribution in [0, 0.1) is 11.7 Å². The molecule has 2 fully saturated rings. The van der Waals surface area contributed by atoms with Gasteiger partial charge in [-0.3, -0.25) is 9.63 Å². The van der Waals surface area contributed by atoms with Gasteiger partial charge in [0, 0.05) is 32.6 Å². The number of hydroxylamine groups is 2. The molecule has 2 saturated heterocycles. The number of nitrogens with zero attached hydrogens (tertiary/aromatic N) is 2. The molecule has 1 atom stereocenters. The molecule has 2 heterocycles. The van der Waals surface area contributed by atoms with Crippen molar-refractivity contribution in [3.63, 3.8) is 0 Å². The lowest BCUT2D eigenvalue weighted by Gasteiger charge is -2.34. The molecule has 3 rings (SSSR count). The molecule has 5 heteroatoms. The minimum absolute atomic E-state index is 0.118. The number of piperidine rings is 1. The molecule has 1 aromatic carbocycles. The van der Waals surface area contributed by atoms with E-state index in [2.05, 4.69) is 0 Å². The largest absolute Gasteiger partial charge is 0.342 e. The lowest BCUT2D eigenvalue weighted by Crippen LogP contribution is -2.42. The minimum Gasteiger partial charge on any atom is -0.342 e. The van der Waals surface area contributed by atoms with Crippen LogP contribution < -0.4 is 0 Å². The first-order valence-corrected chi connectivity index (χ1v) is 9.61. The fraction of sp³-hybridized carbons (Fsp3) is 0.650. The first kappa shape index (κ1) is 18.3. The highest BCUT2D eigenvalue weighted by atomic mass is 19.1. The summed E-state index contributed by atoms with van der Waals surface area (Å²) in [5.74, 6) is 0.584. The zero-order valence-corrected chi connectivity index (χ0v) is 15.0. The van der Waals surface area contributed by atoms with Gasteiger partial charge in [0.25, 0.3) is 0 Å². The van der Waals surface area contributed by atoms with Crippen LogP contribution in [0.25, 0.3) is 0 Å². The Balaban J connectivity index is 1.42. The van der Waals surface area contributed by atoms with Crippen molar-refractivity contribution in [1.29, 1.82) is 0 Å². The van der Waals surface area contributed by atoms with Crippen molar-refractivity contribution in [2.75, 3.05) is 32.8 Å². The lowest BCUT2D eigenvalue weighted by molar-refractivity contribution is -0.182. The fourth-order valence-electron chi connectivity index (χ4n) is 3.79. The Morgan fingerprint density at radius 3 is 2.88 bits per heavy atom. The summed E-state index contributed by atoms with van der Waals surface area (Å²) >= 11 is 0. The van der Waals surface area contributed by atoms with Gasteiger partial charge in [-0.2, -0.15) is 5.06 Å². The molecule has 138 valence electrons. The van der Waals surface area contributed by atoms with Gasteiger partial charge in [-0.25, -0.2) is 4.39 Å². The Hall–Kier alpha value is -1.46. The van der Waals surface area contributed by atoms with E-state index in [0.29, 0.717) is 18.9 Å². The van der Waals surface area contributed by atoms with Crippen LogP contribution in [-0.2, 0) is 16.1 Å². The van der Waals surface area contributed by atoms with E-state index in [1.807, 2.05) is 22.1 Å². The molecule has 0 spiro atoms. The first-order valence-electron chi connectivity index (χ1n) is 9.61. The number of carbonyl (C=O) groups excluding carboxylic acids is 1. The minimum atomic E-state index is -0.118. The number of amides is 1. The summed E-state index contributed by atoms with van der Waals surface area (Å²) in [4.78, 5) is 20.1. The Bertz CT molecular complexity index is 560. The molecule has 0 aliphatic carbocycles. The molecule has 0 aromatic heterocycles. The second kappa shape index (κ2) is 9.30. The van der Waals surface area contributed by atoms with E-state index < -0.39 is 0 Å². The topological polar surface area (TPSA) is 32.8 Å². The normalized spacial score (nSPS) is 22.1. The van der Waals surface area contributed by atoms with Gasteiger partial charge < -0.3 is 4.90 Å². The highest BCUT2D eigenvalue weighted by Crippen LogP contribution is 2.23. The van der Waals surface area contributed by atoms with Crippen molar-refractivity contribution in [2.45, 2.75) is 44.9 Å². The molecular formula is C20H29FN2O2. The summed E-state index contributed by atoms with van der Waals surface area (Å²) in [6.45, 7) is 4.06. The van der Waals surface area contributed by atoms with Crippen LogP contribution in [0.2, 0.25) is 0 Å². The van der Waals surface area contributed by atoms with Crippen LogP contribution in [0.4, 0.5) is 4.39 Å². The summed E-state index contributed by atoms with van der Waals surface area (Å²) in [6, 6.07) is 7.00. The molecule has 1 aromatic rings. The average Bonchev–Trinajstić information content (AvgIpc) is 2.66. The van der Waals surface area contributed by atoms with Gasteiger partial charge in [0.15, 0.2) is 0 Å². The number of rotatable bonds is 6. The average molecular weight is 348 g/mol. The summed E-state index contributed by atoms with van der Waals surface area (Å²) in [5, 5.41) is 1.93. The molecule has 0 bridgehead atoms. The molecule has 0 radical (unpaired) electrons. The predicted molar refractivity (Wildman–Crippen MR) is 95.4 cm³/mol. The molecule has 2 aliphatic rings. The van der Waals surface area contributed by atoms with Gasteiger partial charge in [0.05, 0.1) is 6.61 Å². The maximum Gasteiger partial charge on any atom is 0.223 e. The quantitative estimate of drug-likeness (QED) is 0.790. The van der Waals surface area contributed by atoms with Gasteiger partial charge in [-0.05, 0) is 56.1 Å². The smallest absolute Gasteiger partial charge is 0.223 e. The number of hydrogen-bond donors (Lipinski definition) is 0. The molecule has 0 N–H and O–H groups in total. The van der Waals surface area contributed by atoms with E-state index in [4.69, 9.17) is 4.84 Å². The maximum atomic E-state index is 13.7. The standard InChI is InChI=1S/C20H29FN2O2/c21-19-8-2-1-7-18(19)10-9-17-6-5-12-22(16-17)20(24)11-14-23-13-3-4-15-25-23/h1-2,7-8,17H,3-6,9-16H2. The fourth-order valence-corrected chi connectivity index (χ4v) is 3.79. The van der Waals surface area contributed by atoms with Gasteiger partial charge in [0.1, 0.15) is 5.82 Å². The van der Waals surface area contributed by atoms with Gasteiger partial charge >= 0.3 is 0 Å². The zero-order chi connectivity index (χ0) is 17.5. The third-order valence-corrected chi connectivity index (χ3v) is 5.30. The van der Waals surface area contributed by atoms with Crippen LogP contribution in [0.15, 0.2) is 24.3 Å². The van der Waals surface area contributed by atoms with Gasteiger partial charge in [0.2, 0.25) is 5.91 Å². The molecule has 1 amide bonds. The summed E-state index contributed by atoms with van der Waals surface area (Å²) in [7, 11) is 0. The maximum absolute atomic E-state index is 13.7. The van der Waals surface area contributed by atoms with E-state index in [1.54, 1.807) is 6.07 Å². The van der Waals surface area contributed by atoms with Crippen molar-refractivity contribution < 1.29 is 14.0 Å². The number of likely N-dealkylation sites (tertiary alicyclic amines) is 1. The lowest BCUT2D eigenvalue weighted by atomic mass is 9.91. The third-order valence-electron chi connectivity index (χ3n) is 5.30. The Morgan fingerprint density at radius 1 is 1.20 bits per heavy atom. The highest BCUT2D eigenvalue weighted by molar-refractivity contribution is 5.76. The Labute approximate surface area is 149 Å². The first-order chi connectivity index (χ1) is 12.2. The van der Waals surface area contributed by atoms with E-state index in [-0.39, 0.29) is 11.7 Å². The van der Waals surface area contributed by atoms with E-state index >= 15 is 0 Å². The predicted octanol–water partition coefficient (Wildman–Crippen LogP) is 3.41. The van der Waals surface area contributed by atoms with E-state index in [0.717, 1.165) is 70.3 Å². The number of halogens is 1. The molecular weight excluding hydrogens is 319 g/mol. The van der Waals surface area contributed by atoms with E-state index in [9.17, 15) is 9.18 Å². The summed E-state index contributed by atoms with van der Waals surface area (Å²) in [5.41, 5.74) is 0.785. The number of hydrogen-bond acceptors (Lipinski definition) is 3. The molecule has 2 aliphatic heterocycles. The van der Waals surface area contributed by atoms with Crippen molar-refractivity contribution in [3.05, 3.63) is 35.6 Å². The van der Waals surface area contributed by atoms with E-state index in [1.165, 1.54) is 6.07 Å². The molecule has 4 nitrogen and oxygen atoms in total. The van der Waals surface area contributed by atoms with Crippen LogP contribution in [0.1, 0.15) is 44.1 Å². The van der Waals surface area contributed by atoms with Gasteiger partial charge in [-0.1, -0.05) is 18.2 Å². The Morgan fingerprint density at radius 2 is 2.08 bits per heavy atom. The summed E-state index contributed by atoms with van der Waals surface area (Å²) < 4.78 is 13.7. The highest BCUT2D eigenvalue weighted by Gasteiger charge is 2.24. The second-order valence-corrected chi connectivity index (χ2v) is 7.20. The molecule has 1 unspecified atom stereocenters. The van der Waals surface area contributed by atoms with Crippen molar-refractivity contribution >= 4 is 5.91 Å². The van der Waals surface area contributed by atoms with Gasteiger partial charge in [-0.15, -0.1) is 0 Å². The van der Waals surface area contributed by atoms with Crippen LogP contribution in [0.5, 0.6) is 0 Å². The molecule has 25 heavy (non-hydrogen) atoms. The Kier molecular flexibility index (Phi) is 6.82. The monoisotopic (exact) mass is 348 g/mol. The number of aryl methyl sites for hydroxylation is 1. The van der Waals surface area contributed by atoms with Crippen molar-refractivity contribution in [1.82, 2.24) is 9.96 Å². The second-order valence-electron chi connectivity index (χ2n) is 7.20. The zero-order valence-electron chi connectivity index (χ0n) is 15.0. The van der Waals surface area contributed by atoms with Crippen LogP contribution in [0.3, 0.4) is 0 Å². The SMILES string of the molecule is O=C(CCN1CCCCO1)N1CCCC(CCc2ccccc2F)C1. The van der Waals surface area contributed by atoms with Crippen molar-refractivity contribution in [3.8, 4) is 0 Å².